The number of nitrogens with one attached hydrogen (secondary N) is 1. The summed E-state index contributed by atoms with van der Waals surface area (Å²) >= 11 is 0. The second kappa shape index (κ2) is 5.69. The SMILES string of the molecule is CCC(C)C.Nc1nc2ccccc2c2nc[nH]c12. The molecular weight excluding hydrogens is 236 g/mol. The van der Waals surface area contributed by atoms with Crippen LogP contribution in [0.4, 0.5) is 5.82 Å². The number of hydrogen-bond acceptors (Lipinski definition) is 3. The number of aromatic nitrogens is 3. The van der Waals surface area contributed by atoms with Gasteiger partial charge in [0.25, 0.3) is 0 Å². The van der Waals surface area contributed by atoms with E-state index in [4.69, 9.17) is 5.73 Å². The van der Waals surface area contributed by atoms with Crippen molar-refractivity contribution in [1.29, 1.82) is 0 Å². The summed E-state index contributed by atoms with van der Waals surface area (Å²) in [6.07, 6.45) is 2.94. The standard InChI is InChI=1S/C10H8N4.C5H12/c11-10-9-8(12-5-13-9)6-3-1-2-4-7(6)14-10;1-4-5(2)3/h1-5H,(H2,11,14)(H,12,13);5H,4H2,1-3H3. The van der Waals surface area contributed by atoms with Crippen LogP contribution in [0.2, 0.25) is 0 Å². The average molecular weight is 256 g/mol. The van der Waals surface area contributed by atoms with Crippen molar-refractivity contribution in [2.45, 2.75) is 27.2 Å². The Morgan fingerprint density at radius 2 is 1.95 bits per heavy atom. The van der Waals surface area contributed by atoms with Crippen LogP contribution in [-0.4, -0.2) is 15.0 Å². The van der Waals surface area contributed by atoms with Gasteiger partial charge in [0.15, 0.2) is 0 Å². The van der Waals surface area contributed by atoms with Crippen LogP contribution in [0.15, 0.2) is 30.6 Å². The van der Waals surface area contributed by atoms with Crippen LogP contribution in [0.5, 0.6) is 0 Å². The number of nitrogens with two attached hydrogens (primary N) is 1. The number of imidazole rings is 1. The summed E-state index contributed by atoms with van der Waals surface area (Å²) in [6.45, 7) is 6.64. The molecular formula is C15H20N4. The van der Waals surface area contributed by atoms with Gasteiger partial charge in [-0.25, -0.2) is 9.97 Å². The first kappa shape index (κ1) is 13.3. The van der Waals surface area contributed by atoms with Crippen LogP contribution < -0.4 is 5.73 Å². The minimum Gasteiger partial charge on any atom is -0.382 e. The summed E-state index contributed by atoms with van der Waals surface area (Å²) in [7, 11) is 0. The zero-order valence-electron chi connectivity index (χ0n) is 11.6. The lowest BCUT2D eigenvalue weighted by atomic mass is 10.2. The molecule has 0 unspecified atom stereocenters. The first-order valence-corrected chi connectivity index (χ1v) is 6.60. The van der Waals surface area contributed by atoms with Crippen molar-refractivity contribution in [3.63, 3.8) is 0 Å². The van der Waals surface area contributed by atoms with Gasteiger partial charge in [-0.15, -0.1) is 0 Å². The van der Waals surface area contributed by atoms with E-state index in [2.05, 4.69) is 35.7 Å². The number of para-hydroxylation sites is 1. The molecule has 1 aromatic carbocycles. The topological polar surface area (TPSA) is 67.6 Å². The van der Waals surface area contributed by atoms with Gasteiger partial charge in [0, 0.05) is 5.39 Å². The van der Waals surface area contributed by atoms with E-state index in [1.807, 2.05) is 24.3 Å². The number of nitrogen functional groups attached to an aromatic ring is 1. The highest BCUT2D eigenvalue weighted by Gasteiger charge is 2.06. The quantitative estimate of drug-likeness (QED) is 0.696. The maximum absolute atomic E-state index is 5.78. The number of anilines is 1. The molecule has 0 atom stereocenters. The average Bonchev–Trinajstić information content (AvgIpc) is 2.90. The van der Waals surface area contributed by atoms with E-state index in [1.54, 1.807) is 6.33 Å². The maximum Gasteiger partial charge on any atom is 0.150 e. The van der Waals surface area contributed by atoms with Gasteiger partial charge in [0.05, 0.1) is 11.8 Å². The second-order valence-corrected chi connectivity index (χ2v) is 4.94. The molecule has 3 rings (SSSR count). The van der Waals surface area contributed by atoms with Crippen LogP contribution in [0, 0.1) is 5.92 Å². The van der Waals surface area contributed by atoms with E-state index in [0.717, 1.165) is 27.9 Å². The van der Waals surface area contributed by atoms with E-state index in [-0.39, 0.29) is 0 Å². The Morgan fingerprint density at radius 3 is 2.63 bits per heavy atom. The monoisotopic (exact) mass is 256 g/mol. The molecule has 0 saturated carbocycles. The maximum atomic E-state index is 5.78. The van der Waals surface area contributed by atoms with Crippen molar-refractivity contribution >= 4 is 27.8 Å². The number of pyridine rings is 1. The Balaban J connectivity index is 0.000000232. The van der Waals surface area contributed by atoms with Crippen LogP contribution in [0.3, 0.4) is 0 Å². The minimum absolute atomic E-state index is 0.496. The van der Waals surface area contributed by atoms with Crippen LogP contribution in [-0.2, 0) is 0 Å². The third kappa shape index (κ3) is 2.84. The molecule has 0 saturated heterocycles. The van der Waals surface area contributed by atoms with Crippen molar-refractivity contribution in [2.75, 3.05) is 5.73 Å². The smallest absolute Gasteiger partial charge is 0.150 e. The largest absolute Gasteiger partial charge is 0.382 e. The summed E-state index contributed by atoms with van der Waals surface area (Å²) in [4.78, 5) is 11.5. The molecule has 100 valence electrons. The third-order valence-electron chi connectivity index (χ3n) is 3.11. The predicted molar refractivity (Wildman–Crippen MR) is 80.9 cm³/mol. The molecule has 4 nitrogen and oxygen atoms in total. The Labute approximate surface area is 113 Å². The van der Waals surface area contributed by atoms with Gasteiger partial charge in [-0.1, -0.05) is 45.4 Å². The molecule has 0 bridgehead atoms. The van der Waals surface area contributed by atoms with Gasteiger partial charge in [0.1, 0.15) is 16.9 Å². The highest BCUT2D eigenvalue weighted by atomic mass is 14.9. The van der Waals surface area contributed by atoms with E-state index in [9.17, 15) is 0 Å². The molecule has 0 aliphatic heterocycles. The molecule has 3 aromatic rings. The summed E-state index contributed by atoms with van der Waals surface area (Å²) in [5.41, 5.74) is 8.36. The van der Waals surface area contributed by atoms with Gasteiger partial charge in [0.2, 0.25) is 0 Å². The fraction of sp³-hybridized carbons (Fsp3) is 0.333. The molecule has 0 fully saturated rings. The molecule has 0 spiro atoms. The second-order valence-electron chi connectivity index (χ2n) is 4.94. The third-order valence-corrected chi connectivity index (χ3v) is 3.11. The van der Waals surface area contributed by atoms with E-state index in [1.165, 1.54) is 6.42 Å². The lowest BCUT2D eigenvalue weighted by molar-refractivity contribution is 0.626. The zero-order chi connectivity index (χ0) is 13.8. The Bertz CT molecular complexity index is 670. The molecule has 4 heteroatoms. The summed E-state index contributed by atoms with van der Waals surface area (Å²) in [5, 5.41) is 1.03. The highest BCUT2D eigenvalue weighted by Crippen LogP contribution is 2.24. The predicted octanol–water partition coefficient (Wildman–Crippen LogP) is 3.75. The fourth-order valence-corrected chi connectivity index (χ4v) is 1.65. The van der Waals surface area contributed by atoms with Gasteiger partial charge in [-0.3, -0.25) is 0 Å². The number of fused-ring (bicyclic) bond motifs is 3. The molecule has 0 amide bonds. The Morgan fingerprint density at radius 1 is 1.26 bits per heavy atom. The van der Waals surface area contributed by atoms with E-state index < -0.39 is 0 Å². The summed E-state index contributed by atoms with van der Waals surface area (Å²) in [6, 6.07) is 7.83. The van der Waals surface area contributed by atoms with Gasteiger partial charge < -0.3 is 10.7 Å². The number of H-pyrrole nitrogens is 1. The number of nitrogens with zero attached hydrogens (tertiary/aromatic N) is 2. The highest BCUT2D eigenvalue weighted by molar-refractivity contribution is 6.05. The van der Waals surface area contributed by atoms with Crippen LogP contribution in [0.1, 0.15) is 27.2 Å². The van der Waals surface area contributed by atoms with Crippen molar-refractivity contribution in [3.8, 4) is 0 Å². The molecule has 2 aromatic heterocycles. The molecule has 3 N–H and O–H groups in total. The Hall–Kier alpha value is -2.10. The number of hydrogen-bond donors (Lipinski definition) is 2. The van der Waals surface area contributed by atoms with Crippen molar-refractivity contribution < 1.29 is 0 Å². The van der Waals surface area contributed by atoms with Crippen LogP contribution in [0.25, 0.3) is 21.9 Å². The van der Waals surface area contributed by atoms with Gasteiger partial charge in [-0.05, 0) is 12.0 Å². The molecule has 19 heavy (non-hydrogen) atoms. The van der Waals surface area contributed by atoms with E-state index in [0.29, 0.717) is 5.82 Å². The minimum atomic E-state index is 0.496. The lowest BCUT2D eigenvalue weighted by Crippen LogP contribution is -1.92. The number of rotatable bonds is 1. The Kier molecular flexibility index (Phi) is 4.00. The molecule has 0 aliphatic carbocycles. The fourth-order valence-electron chi connectivity index (χ4n) is 1.65. The van der Waals surface area contributed by atoms with Gasteiger partial charge in [-0.2, -0.15) is 0 Å². The molecule has 0 radical (unpaired) electrons. The number of aromatic amines is 1. The zero-order valence-corrected chi connectivity index (χ0v) is 11.6. The molecule has 2 heterocycles. The van der Waals surface area contributed by atoms with Crippen molar-refractivity contribution in [3.05, 3.63) is 30.6 Å². The number of benzene rings is 1. The van der Waals surface area contributed by atoms with Crippen LogP contribution >= 0.6 is 0 Å². The van der Waals surface area contributed by atoms with E-state index >= 15 is 0 Å². The first-order valence-electron chi connectivity index (χ1n) is 6.60. The summed E-state index contributed by atoms with van der Waals surface area (Å²) < 4.78 is 0. The molecule has 0 aliphatic rings. The van der Waals surface area contributed by atoms with Gasteiger partial charge >= 0.3 is 0 Å². The van der Waals surface area contributed by atoms with Crippen molar-refractivity contribution in [2.24, 2.45) is 5.92 Å². The normalized spacial score (nSPS) is 10.7. The lowest BCUT2D eigenvalue weighted by Gasteiger charge is -1.99. The summed E-state index contributed by atoms with van der Waals surface area (Å²) in [5.74, 6) is 1.38. The van der Waals surface area contributed by atoms with Crippen molar-refractivity contribution in [1.82, 2.24) is 15.0 Å². The first-order chi connectivity index (χ1) is 9.13.